The van der Waals surface area contributed by atoms with Gasteiger partial charge >= 0.3 is 5.97 Å². The zero-order chi connectivity index (χ0) is 17.3. The van der Waals surface area contributed by atoms with Crippen LogP contribution in [0.3, 0.4) is 0 Å². The van der Waals surface area contributed by atoms with Crippen LogP contribution in [0.5, 0.6) is 11.5 Å². The third-order valence-corrected chi connectivity index (χ3v) is 4.66. The fraction of sp³-hybridized carbons (Fsp3) is 0.118. The summed E-state index contributed by atoms with van der Waals surface area (Å²) in [5.74, 6) is 0.0576. The maximum Gasteiger partial charge on any atom is 0.336 e. The molecule has 1 heterocycles. The Balaban J connectivity index is 1.99. The number of carboxylic acid groups (broad SMARTS) is 1. The summed E-state index contributed by atoms with van der Waals surface area (Å²) >= 11 is 0. The predicted molar refractivity (Wildman–Crippen MR) is 87.6 cm³/mol. The lowest BCUT2D eigenvalue weighted by atomic mass is 10.0. The average Bonchev–Trinajstić information content (AvgIpc) is 2.99. The van der Waals surface area contributed by atoms with E-state index >= 15 is 0 Å². The zero-order valence-electron chi connectivity index (χ0n) is 12.7. The first-order valence-electron chi connectivity index (χ1n) is 7.00. The van der Waals surface area contributed by atoms with Gasteiger partial charge in [0.05, 0.1) is 10.5 Å². The first-order valence-corrected chi connectivity index (χ1v) is 8.89. The van der Waals surface area contributed by atoms with E-state index in [1.54, 1.807) is 18.2 Å². The second kappa shape index (κ2) is 6.01. The van der Waals surface area contributed by atoms with Crippen LogP contribution in [0.2, 0.25) is 0 Å². The van der Waals surface area contributed by atoms with E-state index in [-0.39, 0.29) is 17.3 Å². The number of carboxylic acids is 1. The van der Waals surface area contributed by atoms with Crippen LogP contribution in [0, 0.1) is 0 Å². The number of ether oxygens (including phenoxy) is 2. The van der Waals surface area contributed by atoms with Gasteiger partial charge in [-0.1, -0.05) is 18.2 Å². The highest BCUT2D eigenvalue weighted by Crippen LogP contribution is 2.33. The van der Waals surface area contributed by atoms with Crippen molar-refractivity contribution in [3.05, 3.63) is 53.6 Å². The first-order chi connectivity index (χ1) is 11.3. The van der Waals surface area contributed by atoms with E-state index in [4.69, 9.17) is 9.47 Å². The van der Waals surface area contributed by atoms with Crippen molar-refractivity contribution in [3.63, 3.8) is 0 Å². The van der Waals surface area contributed by atoms with Crippen molar-refractivity contribution in [1.29, 1.82) is 0 Å². The minimum absolute atomic E-state index is 0.0499. The van der Waals surface area contributed by atoms with E-state index in [1.165, 1.54) is 30.3 Å². The molecule has 0 saturated heterocycles. The maximum absolute atomic E-state index is 11.6. The summed E-state index contributed by atoms with van der Waals surface area (Å²) in [6.45, 7) is 0.140. The van der Waals surface area contributed by atoms with Gasteiger partial charge in [0.2, 0.25) is 6.79 Å². The minimum Gasteiger partial charge on any atom is -0.478 e. The highest BCUT2D eigenvalue weighted by Gasteiger charge is 2.15. The Morgan fingerprint density at radius 2 is 1.75 bits per heavy atom. The summed E-state index contributed by atoms with van der Waals surface area (Å²) in [4.78, 5) is 11.7. The van der Waals surface area contributed by atoms with Gasteiger partial charge in [-0.15, -0.1) is 0 Å². The van der Waals surface area contributed by atoms with Crippen LogP contribution in [0.15, 0.2) is 47.4 Å². The van der Waals surface area contributed by atoms with Crippen LogP contribution in [-0.2, 0) is 14.6 Å². The lowest BCUT2D eigenvalue weighted by Crippen LogP contribution is -2.01. The van der Waals surface area contributed by atoms with Crippen molar-refractivity contribution in [3.8, 4) is 11.5 Å². The summed E-state index contributed by atoms with van der Waals surface area (Å²) in [6, 6.07) is 10.9. The van der Waals surface area contributed by atoms with Crippen LogP contribution < -0.4 is 9.47 Å². The van der Waals surface area contributed by atoms with Crippen LogP contribution >= 0.6 is 0 Å². The molecule has 0 saturated carbocycles. The SMILES string of the molecule is CS(=O)(=O)c1ccc(/C(=C\c2ccc3c(c2)OCO3)C(=O)O)cc1. The highest BCUT2D eigenvalue weighted by molar-refractivity contribution is 7.90. The van der Waals surface area contributed by atoms with Gasteiger partial charge in [-0.3, -0.25) is 0 Å². The molecule has 1 aliphatic heterocycles. The first kappa shape index (κ1) is 16.1. The van der Waals surface area contributed by atoms with Gasteiger partial charge in [0.15, 0.2) is 21.3 Å². The number of rotatable bonds is 4. The number of benzene rings is 2. The quantitative estimate of drug-likeness (QED) is 0.675. The van der Waals surface area contributed by atoms with Crippen LogP contribution in [0.4, 0.5) is 0 Å². The Bertz CT molecular complexity index is 926. The van der Waals surface area contributed by atoms with Crippen LogP contribution in [0.25, 0.3) is 11.6 Å². The molecule has 0 fully saturated rings. The largest absolute Gasteiger partial charge is 0.478 e. The number of fused-ring (bicyclic) bond motifs is 1. The van der Waals surface area contributed by atoms with Crippen molar-refractivity contribution in [2.75, 3.05) is 13.0 Å². The molecule has 0 aromatic heterocycles. The molecule has 0 aliphatic carbocycles. The standard InChI is InChI=1S/C17H14O6S/c1-24(20,21)13-5-3-12(4-6-13)14(17(18)19)8-11-2-7-15-16(9-11)23-10-22-15/h2-9H,10H2,1H3,(H,18,19)/b14-8+. The molecule has 1 N–H and O–H groups in total. The third kappa shape index (κ3) is 3.26. The van der Waals surface area contributed by atoms with Crippen molar-refractivity contribution >= 4 is 27.5 Å². The predicted octanol–water partition coefficient (Wildman–Crippen LogP) is 2.44. The minimum atomic E-state index is -3.33. The Morgan fingerprint density at radius 1 is 1.08 bits per heavy atom. The van der Waals surface area contributed by atoms with Gasteiger partial charge in [0.1, 0.15) is 0 Å². The lowest BCUT2D eigenvalue weighted by molar-refractivity contribution is -0.130. The van der Waals surface area contributed by atoms with Gasteiger partial charge in [0, 0.05) is 6.26 Å². The molecule has 2 aromatic carbocycles. The molecule has 0 spiro atoms. The molecular formula is C17H14O6S. The Labute approximate surface area is 138 Å². The molecule has 0 radical (unpaired) electrons. The van der Waals surface area contributed by atoms with E-state index in [1.807, 2.05) is 0 Å². The smallest absolute Gasteiger partial charge is 0.336 e. The zero-order valence-corrected chi connectivity index (χ0v) is 13.5. The molecule has 2 aromatic rings. The molecular weight excluding hydrogens is 332 g/mol. The third-order valence-electron chi connectivity index (χ3n) is 3.53. The van der Waals surface area contributed by atoms with E-state index < -0.39 is 15.8 Å². The van der Waals surface area contributed by atoms with Crippen molar-refractivity contribution < 1.29 is 27.8 Å². The average molecular weight is 346 g/mol. The van der Waals surface area contributed by atoms with E-state index in [2.05, 4.69) is 0 Å². The number of hydrogen-bond donors (Lipinski definition) is 1. The number of sulfone groups is 1. The summed E-state index contributed by atoms with van der Waals surface area (Å²) in [7, 11) is -3.33. The summed E-state index contributed by atoms with van der Waals surface area (Å²) < 4.78 is 33.5. The second-order valence-electron chi connectivity index (χ2n) is 5.27. The van der Waals surface area contributed by atoms with Gasteiger partial charge < -0.3 is 14.6 Å². The molecule has 0 unspecified atom stereocenters. The molecule has 7 heteroatoms. The second-order valence-corrected chi connectivity index (χ2v) is 7.29. The van der Waals surface area contributed by atoms with Crippen molar-refractivity contribution in [1.82, 2.24) is 0 Å². The summed E-state index contributed by atoms with van der Waals surface area (Å²) in [5.41, 5.74) is 1.10. The molecule has 3 rings (SSSR count). The maximum atomic E-state index is 11.6. The number of aliphatic carboxylic acids is 1. The Morgan fingerprint density at radius 3 is 2.38 bits per heavy atom. The topological polar surface area (TPSA) is 89.9 Å². The van der Waals surface area contributed by atoms with Crippen molar-refractivity contribution in [2.24, 2.45) is 0 Å². The fourth-order valence-electron chi connectivity index (χ4n) is 2.32. The van der Waals surface area contributed by atoms with Crippen LogP contribution in [-0.4, -0.2) is 32.5 Å². The van der Waals surface area contributed by atoms with E-state index in [9.17, 15) is 18.3 Å². The lowest BCUT2D eigenvalue weighted by Gasteiger charge is -2.05. The number of hydrogen-bond acceptors (Lipinski definition) is 5. The van der Waals surface area contributed by atoms with Crippen molar-refractivity contribution in [2.45, 2.75) is 4.90 Å². The molecule has 0 atom stereocenters. The molecule has 124 valence electrons. The normalized spacial score (nSPS) is 13.8. The Kier molecular flexibility index (Phi) is 4.02. The molecule has 1 aliphatic rings. The van der Waals surface area contributed by atoms with Gasteiger partial charge in [0.25, 0.3) is 0 Å². The summed E-state index contributed by atoms with van der Waals surface area (Å²) in [6.07, 6.45) is 2.60. The van der Waals surface area contributed by atoms with E-state index in [0.29, 0.717) is 22.6 Å². The highest BCUT2D eigenvalue weighted by atomic mass is 32.2. The summed E-state index contributed by atoms with van der Waals surface area (Å²) in [5, 5.41) is 9.47. The Hall–Kier alpha value is -2.80. The molecule has 6 nitrogen and oxygen atoms in total. The fourth-order valence-corrected chi connectivity index (χ4v) is 2.95. The van der Waals surface area contributed by atoms with Gasteiger partial charge in [-0.05, 0) is 41.5 Å². The van der Waals surface area contributed by atoms with Gasteiger partial charge in [-0.2, -0.15) is 0 Å². The molecule has 24 heavy (non-hydrogen) atoms. The molecule has 0 bridgehead atoms. The van der Waals surface area contributed by atoms with E-state index in [0.717, 1.165) is 6.26 Å². The van der Waals surface area contributed by atoms with Crippen LogP contribution in [0.1, 0.15) is 11.1 Å². The number of carbonyl (C=O) groups is 1. The molecule has 0 amide bonds. The van der Waals surface area contributed by atoms with Gasteiger partial charge in [-0.25, -0.2) is 13.2 Å². The monoisotopic (exact) mass is 346 g/mol.